The molecule has 1 saturated heterocycles. The molecule has 1 aliphatic heterocycles. The summed E-state index contributed by atoms with van der Waals surface area (Å²) in [6.07, 6.45) is 1.28. The molecule has 1 heterocycles. The molecule has 5 N–H and O–H groups in total. The summed E-state index contributed by atoms with van der Waals surface area (Å²) in [6, 6.07) is -4.09. The maximum absolute atomic E-state index is 14.1. The van der Waals surface area contributed by atoms with Crippen LogP contribution in [0, 0.1) is 34.5 Å². The Morgan fingerprint density at radius 2 is 1.64 bits per heavy atom. The lowest BCUT2D eigenvalue weighted by atomic mass is 9.85. The van der Waals surface area contributed by atoms with Crippen LogP contribution in [-0.4, -0.2) is 85.0 Å². The first-order valence-electron chi connectivity index (χ1n) is 14.6. The molecule has 2 saturated carbocycles. The summed E-state index contributed by atoms with van der Waals surface area (Å²) < 4.78 is 9.50. The van der Waals surface area contributed by atoms with Gasteiger partial charge in [0.2, 0.25) is 17.6 Å². The van der Waals surface area contributed by atoms with Crippen molar-refractivity contribution in [2.45, 2.75) is 91.9 Å². The standard InChI is InChI=1S/C29H47N5O8/c1-14(2)18(13-42-27(40)41-8)32-26(39)33-22(28(3,4)5)25(38)34-12-16-19(29(16,6)7)20(34)24(37)31-17(11-15-9-10-15)21(35)23(30)36/h14-20,22H,9-13H2,1-8H3,(H2,30,36)(H,31,37)(H2,32,33,39)/t16-,17?,18+,19-,20-,22+/m0/s1. The molecule has 0 aromatic carbocycles. The molecule has 0 radical (unpaired) electrons. The van der Waals surface area contributed by atoms with E-state index in [4.69, 9.17) is 10.5 Å². The lowest BCUT2D eigenvalue weighted by molar-refractivity contribution is -0.145. The highest BCUT2D eigenvalue weighted by molar-refractivity contribution is 6.37. The van der Waals surface area contributed by atoms with E-state index in [-0.39, 0.29) is 35.7 Å². The molecule has 6 atom stereocenters. The molecule has 13 heteroatoms. The van der Waals surface area contributed by atoms with Gasteiger partial charge in [0.05, 0.1) is 19.2 Å². The zero-order chi connectivity index (χ0) is 31.7. The van der Waals surface area contributed by atoms with E-state index < -0.39 is 65.3 Å². The Kier molecular flexibility index (Phi) is 9.83. The number of urea groups is 1. The van der Waals surface area contributed by atoms with Crippen LogP contribution in [0.2, 0.25) is 0 Å². The minimum Gasteiger partial charge on any atom is -0.438 e. The number of rotatable bonds is 12. The van der Waals surface area contributed by atoms with Gasteiger partial charge in [-0.2, -0.15) is 0 Å². The number of hydrogen-bond donors (Lipinski definition) is 4. The summed E-state index contributed by atoms with van der Waals surface area (Å²) in [7, 11) is 1.19. The number of carbonyl (C=O) groups excluding carboxylic acids is 6. The molecule has 5 amide bonds. The monoisotopic (exact) mass is 593 g/mol. The van der Waals surface area contributed by atoms with E-state index >= 15 is 0 Å². The van der Waals surface area contributed by atoms with Crippen LogP contribution < -0.4 is 21.7 Å². The average molecular weight is 594 g/mol. The molecule has 2 aliphatic carbocycles. The quantitative estimate of drug-likeness (QED) is 0.193. The van der Waals surface area contributed by atoms with E-state index in [9.17, 15) is 28.8 Å². The van der Waals surface area contributed by atoms with Crippen LogP contribution in [-0.2, 0) is 28.7 Å². The van der Waals surface area contributed by atoms with Crippen molar-refractivity contribution in [1.29, 1.82) is 0 Å². The van der Waals surface area contributed by atoms with E-state index in [0.29, 0.717) is 13.0 Å². The molecule has 0 aromatic heterocycles. The number of nitrogens with zero attached hydrogens (tertiary/aromatic N) is 1. The Morgan fingerprint density at radius 3 is 2.14 bits per heavy atom. The smallest absolute Gasteiger partial charge is 0.438 e. The van der Waals surface area contributed by atoms with E-state index in [2.05, 4.69) is 20.7 Å². The molecule has 0 spiro atoms. The second kappa shape index (κ2) is 12.5. The number of fused-ring (bicyclic) bond motifs is 1. The highest BCUT2D eigenvalue weighted by Crippen LogP contribution is 2.65. The number of Topliss-reactive ketones (excluding diaryl/α,β-unsaturated/α-hetero) is 1. The number of ether oxygens (including phenoxy) is 2. The number of amides is 5. The van der Waals surface area contributed by atoms with Crippen LogP contribution in [0.15, 0.2) is 0 Å². The lowest BCUT2D eigenvalue weighted by Crippen LogP contribution is -2.62. The number of piperidine rings is 1. The number of likely N-dealkylation sites (tertiary alicyclic amines) is 1. The van der Waals surface area contributed by atoms with Crippen LogP contribution in [0.25, 0.3) is 0 Å². The number of methoxy groups -OCH3 is 1. The van der Waals surface area contributed by atoms with Gasteiger partial charge in [0, 0.05) is 6.54 Å². The molecular weight excluding hydrogens is 546 g/mol. The van der Waals surface area contributed by atoms with Crippen LogP contribution in [0.5, 0.6) is 0 Å². The molecule has 0 bridgehead atoms. The average Bonchev–Trinajstić information content (AvgIpc) is 3.74. The van der Waals surface area contributed by atoms with Gasteiger partial charge < -0.3 is 36.1 Å². The number of ketones is 1. The molecule has 3 rings (SSSR count). The van der Waals surface area contributed by atoms with Gasteiger partial charge in [0.1, 0.15) is 18.7 Å². The van der Waals surface area contributed by atoms with Gasteiger partial charge in [-0.25, -0.2) is 9.59 Å². The van der Waals surface area contributed by atoms with Gasteiger partial charge >= 0.3 is 12.2 Å². The lowest BCUT2D eigenvalue weighted by Gasteiger charge is -2.38. The molecule has 13 nitrogen and oxygen atoms in total. The second-order valence-electron chi connectivity index (χ2n) is 13.9. The molecule has 1 unspecified atom stereocenters. The first-order chi connectivity index (χ1) is 19.4. The highest BCUT2D eigenvalue weighted by atomic mass is 16.7. The summed E-state index contributed by atoms with van der Waals surface area (Å²) in [5.74, 6) is -2.80. The summed E-state index contributed by atoms with van der Waals surface area (Å²) in [5, 5.41) is 8.29. The van der Waals surface area contributed by atoms with Crippen LogP contribution in [0.3, 0.4) is 0 Å². The van der Waals surface area contributed by atoms with E-state index in [1.165, 1.54) is 12.0 Å². The van der Waals surface area contributed by atoms with E-state index in [1.807, 2.05) is 48.5 Å². The van der Waals surface area contributed by atoms with Crippen molar-refractivity contribution < 1.29 is 38.2 Å². The number of primary amides is 1. The fourth-order valence-electron chi connectivity index (χ4n) is 5.93. The van der Waals surface area contributed by atoms with Crippen LogP contribution >= 0.6 is 0 Å². The van der Waals surface area contributed by atoms with Gasteiger partial charge in [-0.3, -0.25) is 19.2 Å². The summed E-state index contributed by atoms with van der Waals surface area (Å²) in [4.78, 5) is 78.1. The zero-order valence-corrected chi connectivity index (χ0v) is 25.9. The molecule has 42 heavy (non-hydrogen) atoms. The number of carbonyl (C=O) groups is 6. The van der Waals surface area contributed by atoms with Crippen molar-refractivity contribution >= 4 is 35.7 Å². The fraction of sp³-hybridized carbons (Fsp3) is 0.793. The van der Waals surface area contributed by atoms with Crippen molar-refractivity contribution in [2.24, 2.45) is 40.2 Å². The predicted molar refractivity (Wildman–Crippen MR) is 152 cm³/mol. The first-order valence-corrected chi connectivity index (χ1v) is 14.6. The Balaban J connectivity index is 1.78. The van der Waals surface area contributed by atoms with E-state index in [1.54, 1.807) is 0 Å². The van der Waals surface area contributed by atoms with Gasteiger partial charge in [-0.05, 0) is 40.9 Å². The Labute approximate surface area is 247 Å². The minimum absolute atomic E-state index is 0.0705. The van der Waals surface area contributed by atoms with Crippen molar-refractivity contribution in [2.75, 3.05) is 20.3 Å². The Hall–Kier alpha value is -3.38. The second-order valence-corrected chi connectivity index (χ2v) is 13.9. The highest BCUT2D eigenvalue weighted by Gasteiger charge is 2.70. The van der Waals surface area contributed by atoms with Crippen molar-refractivity contribution in [3.63, 3.8) is 0 Å². The molecule has 0 aromatic rings. The molecule has 3 fully saturated rings. The predicted octanol–water partition coefficient (Wildman–Crippen LogP) is 1.33. The molecular formula is C29H47N5O8. The van der Waals surface area contributed by atoms with Gasteiger partial charge in [0.15, 0.2) is 0 Å². The fourth-order valence-corrected chi connectivity index (χ4v) is 5.93. The summed E-state index contributed by atoms with van der Waals surface area (Å²) in [5.41, 5.74) is 4.34. The number of hydrogen-bond acceptors (Lipinski definition) is 8. The van der Waals surface area contributed by atoms with Crippen molar-refractivity contribution in [3.05, 3.63) is 0 Å². The van der Waals surface area contributed by atoms with Crippen molar-refractivity contribution in [3.8, 4) is 0 Å². The maximum atomic E-state index is 14.1. The normalized spacial score (nSPS) is 24.5. The van der Waals surface area contributed by atoms with Gasteiger partial charge in [-0.15, -0.1) is 0 Å². The largest absolute Gasteiger partial charge is 0.508 e. The molecule has 236 valence electrons. The maximum Gasteiger partial charge on any atom is 0.508 e. The van der Waals surface area contributed by atoms with Crippen molar-refractivity contribution in [1.82, 2.24) is 20.9 Å². The summed E-state index contributed by atoms with van der Waals surface area (Å²) in [6.45, 7) is 13.4. The first kappa shape index (κ1) is 33.1. The number of nitrogens with two attached hydrogens (primary N) is 1. The van der Waals surface area contributed by atoms with Gasteiger partial charge in [-0.1, -0.05) is 61.3 Å². The third-order valence-electron chi connectivity index (χ3n) is 8.96. The molecule has 3 aliphatic rings. The number of nitrogens with one attached hydrogen (secondary N) is 3. The topological polar surface area (TPSA) is 186 Å². The van der Waals surface area contributed by atoms with Crippen LogP contribution in [0.1, 0.15) is 67.7 Å². The van der Waals surface area contributed by atoms with Gasteiger partial charge in [0.25, 0.3) is 5.91 Å². The minimum atomic E-state index is -1.11. The van der Waals surface area contributed by atoms with E-state index in [0.717, 1.165) is 12.8 Å². The third-order valence-corrected chi connectivity index (χ3v) is 8.96. The zero-order valence-electron chi connectivity index (χ0n) is 25.9. The Morgan fingerprint density at radius 1 is 1.02 bits per heavy atom. The van der Waals surface area contributed by atoms with Crippen LogP contribution in [0.4, 0.5) is 9.59 Å². The summed E-state index contributed by atoms with van der Waals surface area (Å²) >= 11 is 0. The third kappa shape index (κ3) is 7.52. The Bertz CT molecular complexity index is 1100. The SMILES string of the molecule is COC(=O)OC[C@@H](NC(=O)N[C@H](C(=O)N1C[C@H]2[C@@H]([C@H]1C(=O)NC(CC1CC1)C(=O)C(N)=O)C2(C)C)C(C)(C)C)C(C)C.